The second-order valence-electron chi connectivity index (χ2n) is 2.63. The van der Waals surface area contributed by atoms with Crippen molar-refractivity contribution in [2.75, 3.05) is 19.6 Å². The average molecular weight is 113 g/mol. The van der Waals surface area contributed by atoms with Crippen molar-refractivity contribution in [2.45, 2.75) is 20.3 Å². The van der Waals surface area contributed by atoms with E-state index in [-0.39, 0.29) is 0 Å². The maximum absolute atomic E-state index is 2.48. The lowest BCUT2D eigenvalue weighted by Gasteiger charge is -2.37. The normalized spacial score (nSPS) is 23.2. The highest BCUT2D eigenvalue weighted by Gasteiger charge is 2.22. The Morgan fingerprint density at radius 1 is 1.38 bits per heavy atom. The molecule has 48 valence electrons. The predicted octanol–water partition coefficient (Wildman–Crippen LogP) is 1.35. The Bertz CT molecular complexity index is 56.8. The Hall–Kier alpha value is -0.0400. The number of hydrogen-bond donors (Lipinski definition) is 0. The zero-order valence-corrected chi connectivity index (χ0v) is 5.85. The van der Waals surface area contributed by atoms with Crippen LogP contribution in [0.15, 0.2) is 0 Å². The average Bonchev–Trinajstić information content (AvgIpc) is 1.65. The maximum Gasteiger partial charge on any atom is 0.00218 e. The van der Waals surface area contributed by atoms with E-state index in [0.717, 1.165) is 5.92 Å². The van der Waals surface area contributed by atoms with Crippen LogP contribution in [0.5, 0.6) is 0 Å². The molecule has 0 N–H and O–H groups in total. The molecule has 1 nitrogen and oxygen atoms in total. The lowest BCUT2D eigenvalue weighted by Crippen LogP contribution is -2.45. The van der Waals surface area contributed by atoms with E-state index < -0.39 is 0 Å². The topological polar surface area (TPSA) is 3.24 Å². The quantitative estimate of drug-likeness (QED) is 0.522. The largest absolute Gasteiger partial charge is 0.303 e. The van der Waals surface area contributed by atoms with E-state index in [1.54, 1.807) is 0 Å². The first-order valence-electron chi connectivity index (χ1n) is 3.59. The maximum atomic E-state index is 2.48. The molecule has 0 amide bonds. The molecule has 0 radical (unpaired) electrons. The minimum Gasteiger partial charge on any atom is -0.303 e. The summed E-state index contributed by atoms with van der Waals surface area (Å²) in [4.78, 5) is 2.48. The monoisotopic (exact) mass is 113 g/mol. The van der Waals surface area contributed by atoms with Gasteiger partial charge in [0.1, 0.15) is 0 Å². The molecule has 0 atom stereocenters. The molecular weight excluding hydrogens is 98.1 g/mol. The molecule has 0 unspecified atom stereocenters. The standard InChI is InChI=1S/C7H15N/c1-3-7-5-8(4-2)6-7/h7H,3-6H2,1-2H3. The van der Waals surface area contributed by atoms with Crippen LogP contribution in [0.2, 0.25) is 0 Å². The first-order chi connectivity index (χ1) is 3.86. The first kappa shape index (κ1) is 6.09. The molecule has 1 heterocycles. The van der Waals surface area contributed by atoms with E-state index in [1.165, 1.54) is 26.1 Å². The molecule has 1 fully saturated rings. The fraction of sp³-hybridized carbons (Fsp3) is 1.00. The van der Waals surface area contributed by atoms with Crippen LogP contribution >= 0.6 is 0 Å². The van der Waals surface area contributed by atoms with E-state index in [4.69, 9.17) is 0 Å². The zero-order valence-electron chi connectivity index (χ0n) is 5.85. The number of likely N-dealkylation sites (tertiary alicyclic amines) is 1. The van der Waals surface area contributed by atoms with Crippen LogP contribution in [-0.4, -0.2) is 24.5 Å². The second kappa shape index (κ2) is 2.49. The van der Waals surface area contributed by atoms with Gasteiger partial charge in [0, 0.05) is 13.1 Å². The van der Waals surface area contributed by atoms with E-state index in [1.807, 2.05) is 0 Å². The fourth-order valence-corrected chi connectivity index (χ4v) is 1.19. The number of rotatable bonds is 2. The SMILES string of the molecule is CCC1CN(CC)C1. The lowest BCUT2D eigenvalue weighted by molar-refractivity contribution is 0.105. The van der Waals surface area contributed by atoms with E-state index in [0.29, 0.717) is 0 Å². The highest BCUT2D eigenvalue weighted by molar-refractivity contribution is 4.76. The summed E-state index contributed by atoms with van der Waals surface area (Å²) in [6, 6.07) is 0. The van der Waals surface area contributed by atoms with Gasteiger partial charge in [-0.1, -0.05) is 20.3 Å². The van der Waals surface area contributed by atoms with Crippen molar-refractivity contribution in [2.24, 2.45) is 5.92 Å². The molecule has 1 saturated heterocycles. The second-order valence-corrected chi connectivity index (χ2v) is 2.63. The Morgan fingerprint density at radius 2 is 2.00 bits per heavy atom. The van der Waals surface area contributed by atoms with Crippen molar-refractivity contribution < 1.29 is 0 Å². The zero-order chi connectivity index (χ0) is 5.98. The third kappa shape index (κ3) is 1.03. The Balaban J connectivity index is 2.03. The number of hydrogen-bond acceptors (Lipinski definition) is 1. The molecule has 0 saturated carbocycles. The number of nitrogens with zero attached hydrogens (tertiary/aromatic N) is 1. The molecule has 1 rings (SSSR count). The van der Waals surface area contributed by atoms with Gasteiger partial charge in [-0.15, -0.1) is 0 Å². The molecule has 0 aromatic rings. The summed E-state index contributed by atoms with van der Waals surface area (Å²) in [6.07, 6.45) is 1.37. The van der Waals surface area contributed by atoms with Crippen molar-refractivity contribution in [1.29, 1.82) is 0 Å². The summed E-state index contributed by atoms with van der Waals surface area (Å²) in [7, 11) is 0. The minimum atomic E-state index is 1.02. The van der Waals surface area contributed by atoms with Crippen molar-refractivity contribution in [1.82, 2.24) is 4.90 Å². The lowest BCUT2D eigenvalue weighted by atomic mass is 9.98. The van der Waals surface area contributed by atoms with Crippen LogP contribution in [0, 0.1) is 5.92 Å². The minimum absolute atomic E-state index is 1.02. The van der Waals surface area contributed by atoms with E-state index in [9.17, 15) is 0 Å². The summed E-state index contributed by atoms with van der Waals surface area (Å²) in [5.74, 6) is 1.02. The first-order valence-corrected chi connectivity index (χ1v) is 3.59. The van der Waals surface area contributed by atoms with Gasteiger partial charge in [-0.2, -0.15) is 0 Å². The summed E-state index contributed by atoms with van der Waals surface area (Å²) in [5.41, 5.74) is 0. The summed E-state index contributed by atoms with van der Waals surface area (Å²) >= 11 is 0. The summed E-state index contributed by atoms with van der Waals surface area (Å²) < 4.78 is 0. The summed E-state index contributed by atoms with van der Waals surface area (Å²) in [6.45, 7) is 8.46. The van der Waals surface area contributed by atoms with Gasteiger partial charge in [-0.3, -0.25) is 0 Å². The summed E-state index contributed by atoms with van der Waals surface area (Å²) in [5, 5.41) is 0. The van der Waals surface area contributed by atoms with Crippen LogP contribution in [0.4, 0.5) is 0 Å². The molecule has 0 aliphatic carbocycles. The van der Waals surface area contributed by atoms with Gasteiger partial charge < -0.3 is 4.90 Å². The van der Waals surface area contributed by atoms with Crippen molar-refractivity contribution in [3.05, 3.63) is 0 Å². The predicted molar refractivity (Wildman–Crippen MR) is 35.9 cm³/mol. The Kier molecular flexibility index (Phi) is 1.90. The van der Waals surface area contributed by atoms with Gasteiger partial charge in [0.2, 0.25) is 0 Å². The van der Waals surface area contributed by atoms with Gasteiger partial charge >= 0.3 is 0 Å². The molecule has 0 spiro atoms. The van der Waals surface area contributed by atoms with Gasteiger partial charge in [0.15, 0.2) is 0 Å². The van der Waals surface area contributed by atoms with Crippen molar-refractivity contribution in [3.63, 3.8) is 0 Å². The van der Waals surface area contributed by atoms with Crippen LogP contribution in [0.3, 0.4) is 0 Å². The fourth-order valence-electron chi connectivity index (χ4n) is 1.19. The van der Waals surface area contributed by atoms with Gasteiger partial charge in [-0.05, 0) is 12.5 Å². The van der Waals surface area contributed by atoms with Crippen LogP contribution < -0.4 is 0 Å². The van der Waals surface area contributed by atoms with Gasteiger partial charge in [-0.25, -0.2) is 0 Å². The molecule has 0 aromatic carbocycles. The molecule has 1 aliphatic heterocycles. The van der Waals surface area contributed by atoms with Crippen molar-refractivity contribution in [3.8, 4) is 0 Å². The molecule has 0 aromatic heterocycles. The van der Waals surface area contributed by atoms with Gasteiger partial charge in [0.25, 0.3) is 0 Å². The Morgan fingerprint density at radius 3 is 2.38 bits per heavy atom. The molecular formula is C7H15N. The highest BCUT2D eigenvalue weighted by atomic mass is 15.2. The van der Waals surface area contributed by atoms with E-state index in [2.05, 4.69) is 18.7 Å². The molecule has 1 heteroatoms. The van der Waals surface area contributed by atoms with Crippen LogP contribution in [-0.2, 0) is 0 Å². The molecule has 8 heavy (non-hydrogen) atoms. The third-order valence-electron chi connectivity index (χ3n) is 2.06. The van der Waals surface area contributed by atoms with Crippen LogP contribution in [0.1, 0.15) is 20.3 Å². The smallest absolute Gasteiger partial charge is 0.00218 e. The molecule has 1 aliphatic rings. The van der Waals surface area contributed by atoms with E-state index >= 15 is 0 Å². The van der Waals surface area contributed by atoms with Crippen molar-refractivity contribution >= 4 is 0 Å². The third-order valence-corrected chi connectivity index (χ3v) is 2.06. The highest BCUT2D eigenvalue weighted by Crippen LogP contribution is 2.16. The van der Waals surface area contributed by atoms with Crippen LogP contribution in [0.25, 0.3) is 0 Å². The Labute approximate surface area is 51.7 Å². The molecule has 0 bridgehead atoms. The van der Waals surface area contributed by atoms with Gasteiger partial charge in [0.05, 0.1) is 0 Å².